The number of hydrogen-bond donors (Lipinski definition) is 0. The van der Waals surface area contributed by atoms with Gasteiger partial charge in [-0.1, -0.05) is 6.07 Å². The molecule has 3 nitrogen and oxygen atoms in total. The quantitative estimate of drug-likeness (QED) is 0.396. The van der Waals surface area contributed by atoms with Crippen LogP contribution in [0.1, 0.15) is 12.2 Å². The Morgan fingerprint density at radius 2 is 2.25 bits per heavy atom. The van der Waals surface area contributed by atoms with Gasteiger partial charge in [0.1, 0.15) is 15.7 Å². The first kappa shape index (κ1) is 13.6. The van der Waals surface area contributed by atoms with E-state index in [1.165, 1.54) is 10.4 Å². The Labute approximate surface area is 129 Å². The van der Waals surface area contributed by atoms with Gasteiger partial charge in [0, 0.05) is 28.0 Å². The zero-order valence-electron chi connectivity index (χ0n) is 10.8. The van der Waals surface area contributed by atoms with E-state index in [-0.39, 0.29) is 0 Å². The van der Waals surface area contributed by atoms with E-state index in [0.29, 0.717) is 6.42 Å². The molecule has 3 aromatic heterocycles. The highest BCUT2D eigenvalue weighted by Crippen LogP contribution is 2.39. The minimum Gasteiger partial charge on any atom is -0.226 e. The van der Waals surface area contributed by atoms with Crippen molar-refractivity contribution in [3.05, 3.63) is 28.7 Å². The van der Waals surface area contributed by atoms with Gasteiger partial charge in [-0.25, -0.2) is 9.97 Å². The molecule has 0 fully saturated rings. The number of rotatable bonds is 4. The van der Waals surface area contributed by atoms with E-state index >= 15 is 0 Å². The van der Waals surface area contributed by atoms with Crippen LogP contribution in [0.25, 0.3) is 20.7 Å². The normalized spacial score (nSPS) is 10.8. The van der Waals surface area contributed by atoms with Gasteiger partial charge in [0.05, 0.1) is 11.5 Å². The molecule has 0 radical (unpaired) electrons. The maximum Gasteiger partial charge on any atom is 0.128 e. The molecule has 0 aliphatic carbocycles. The molecular formula is C14H11N3S3. The van der Waals surface area contributed by atoms with Crippen LogP contribution in [-0.2, 0) is 0 Å². The van der Waals surface area contributed by atoms with E-state index in [1.54, 1.807) is 34.4 Å². The van der Waals surface area contributed by atoms with Crippen LogP contribution in [-0.4, -0.2) is 15.7 Å². The molecule has 0 aromatic carbocycles. The molecule has 0 atom stereocenters. The molecule has 0 saturated carbocycles. The average molecular weight is 317 g/mol. The van der Waals surface area contributed by atoms with E-state index in [9.17, 15) is 0 Å². The summed E-state index contributed by atoms with van der Waals surface area (Å²) in [4.78, 5) is 11.4. The van der Waals surface area contributed by atoms with E-state index in [2.05, 4.69) is 38.9 Å². The molecule has 20 heavy (non-hydrogen) atoms. The van der Waals surface area contributed by atoms with Crippen LogP contribution < -0.4 is 0 Å². The molecule has 0 N–H and O–H groups in total. The lowest BCUT2D eigenvalue weighted by Crippen LogP contribution is -1.91. The maximum atomic E-state index is 8.68. The molecule has 100 valence electrons. The van der Waals surface area contributed by atoms with Gasteiger partial charge < -0.3 is 0 Å². The third kappa shape index (κ3) is 2.57. The van der Waals surface area contributed by atoms with Crippen LogP contribution in [0, 0.1) is 18.3 Å². The Morgan fingerprint density at radius 1 is 1.35 bits per heavy atom. The molecule has 0 unspecified atom stereocenters. The Bertz CT molecular complexity index is 769. The predicted molar refractivity (Wildman–Crippen MR) is 86.4 cm³/mol. The van der Waals surface area contributed by atoms with Crippen LogP contribution >= 0.6 is 34.4 Å². The number of thiophene rings is 2. The van der Waals surface area contributed by atoms with Crippen molar-refractivity contribution in [1.82, 2.24) is 9.97 Å². The first-order chi connectivity index (χ1) is 9.79. The van der Waals surface area contributed by atoms with Crippen molar-refractivity contribution in [2.45, 2.75) is 18.4 Å². The summed E-state index contributed by atoms with van der Waals surface area (Å²) in [7, 11) is 0. The molecule has 3 rings (SSSR count). The topological polar surface area (TPSA) is 49.6 Å². The van der Waals surface area contributed by atoms with Crippen molar-refractivity contribution < 1.29 is 0 Å². The van der Waals surface area contributed by atoms with Gasteiger partial charge in [-0.3, -0.25) is 0 Å². The van der Waals surface area contributed by atoms with E-state index in [4.69, 9.17) is 5.26 Å². The van der Waals surface area contributed by atoms with E-state index < -0.39 is 0 Å². The van der Waals surface area contributed by atoms with Crippen molar-refractivity contribution in [2.75, 3.05) is 5.75 Å². The molecule has 0 saturated heterocycles. The summed E-state index contributed by atoms with van der Waals surface area (Å²) in [5.41, 5.74) is 1.21. The third-order valence-electron chi connectivity index (χ3n) is 2.75. The number of aryl methyl sites for hydroxylation is 1. The van der Waals surface area contributed by atoms with Crippen LogP contribution in [0.2, 0.25) is 0 Å². The van der Waals surface area contributed by atoms with Gasteiger partial charge in [0.25, 0.3) is 0 Å². The van der Waals surface area contributed by atoms with Crippen LogP contribution in [0.5, 0.6) is 0 Å². The van der Waals surface area contributed by atoms with Crippen molar-refractivity contribution in [1.29, 1.82) is 5.26 Å². The van der Waals surface area contributed by atoms with Crippen LogP contribution in [0.4, 0.5) is 0 Å². The second-order valence-electron chi connectivity index (χ2n) is 4.14. The SMILES string of the molecule is Cc1nc(SCCC#N)c2c(-c3cccs3)csc2n1. The Hall–Kier alpha value is -1.42. The standard InChI is InChI=1S/C14H11N3S3/c1-9-16-13(19-7-3-5-15)12-10(8-20-14(12)17-9)11-4-2-6-18-11/h2,4,6,8H,3,7H2,1H3. The monoisotopic (exact) mass is 317 g/mol. The first-order valence-corrected chi connectivity index (χ1v) is 8.83. The number of nitriles is 1. The van der Waals surface area contributed by atoms with Gasteiger partial charge in [0.15, 0.2) is 0 Å². The average Bonchev–Trinajstić information content (AvgIpc) is 3.06. The highest BCUT2D eigenvalue weighted by Gasteiger charge is 2.15. The third-order valence-corrected chi connectivity index (χ3v) is 5.50. The van der Waals surface area contributed by atoms with Crippen molar-refractivity contribution in [3.63, 3.8) is 0 Å². The number of nitrogens with zero attached hydrogens (tertiary/aromatic N) is 3. The Balaban J connectivity index is 2.12. The summed E-state index contributed by atoms with van der Waals surface area (Å²) in [5.74, 6) is 1.55. The molecule has 0 aliphatic heterocycles. The number of aromatic nitrogens is 2. The van der Waals surface area contributed by atoms with Crippen molar-refractivity contribution in [2.24, 2.45) is 0 Å². The Kier molecular flexibility index (Phi) is 4.01. The number of hydrogen-bond acceptors (Lipinski definition) is 6. The minimum absolute atomic E-state index is 0.535. The smallest absolute Gasteiger partial charge is 0.128 e. The summed E-state index contributed by atoms with van der Waals surface area (Å²) in [6.45, 7) is 1.92. The predicted octanol–water partition coefficient (Wildman–Crippen LogP) is 4.73. The molecule has 0 bridgehead atoms. The summed E-state index contributed by atoms with van der Waals surface area (Å²) >= 11 is 5.03. The summed E-state index contributed by atoms with van der Waals surface area (Å²) < 4.78 is 0. The molecular weight excluding hydrogens is 306 g/mol. The summed E-state index contributed by atoms with van der Waals surface area (Å²) in [6, 6.07) is 6.35. The van der Waals surface area contributed by atoms with Gasteiger partial charge in [-0.2, -0.15) is 5.26 Å². The summed E-state index contributed by atoms with van der Waals surface area (Å²) in [5, 5.41) is 15.0. The van der Waals surface area contributed by atoms with Crippen molar-refractivity contribution >= 4 is 44.7 Å². The largest absolute Gasteiger partial charge is 0.226 e. The van der Waals surface area contributed by atoms with Gasteiger partial charge in [-0.15, -0.1) is 34.4 Å². The van der Waals surface area contributed by atoms with Gasteiger partial charge in [-0.05, 0) is 18.4 Å². The summed E-state index contributed by atoms with van der Waals surface area (Å²) in [6.07, 6.45) is 0.535. The second kappa shape index (κ2) is 5.92. The fourth-order valence-corrected chi connectivity index (χ4v) is 4.73. The molecule has 3 aromatic rings. The lowest BCUT2D eigenvalue weighted by Gasteiger charge is -2.04. The van der Waals surface area contributed by atoms with Gasteiger partial charge in [0.2, 0.25) is 0 Å². The molecule has 0 amide bonds. The molecule has 3 heterocycles. The number of thioether (sulfide) groups is 1. The number of fused-ring (bicyclic) bond motifs is 1. The minimum atomic E-state index is 0.535. The molecule has 6 heteroatoms. The van der Waals surface area contributed by atoms with Crippen LogP contribution in [0.15, 0.2) is 27.9 Å². The Morgan fingerprint density at radius 3 is 3.00 bits per heavy atom. The van der Waals surface area contributed by atoms with Crippen molar-refractivity contribution in [3.8, 4) is 16.5 Å². The molecule has 0 spiro atoms. The highest BCUT2D eigenvalue weighted by molar-refractivity contribution is 7.99. The lowest BCUT2D eigenvalue weighted by atomic mass is 10.2. The van der Waals surface area contributed by atoms with E-state index in [1.807, 2.05) is 6.92 Å². The van der Waals surface area contributed by atoms with Gasteiger partial charge >= 0.3 is 0 Å². The maximum absolute atomic E-state index is 8.68. The zero-order chi connectivity index (χ0) is 13.9. The van der Waals surface area contributed by atoms with E-state index in [0.717, 1.165) is 26.8 Å². The van der Waals surface area contributed by atoms with Crippen LogP contribution in [0.3, 0.4) is 0 Å². The lowest BCUT2D eigenvalue weighted by molar-refractivity contribution is 1.01. The fourth-order valence-electron chi connectivity index (χ4n) is 1.92. The zero-order valence-corrected chi connectivity index (χ0v) is 13.2. The second-order valence-corrected chi connectivity index (χ2v) is 7.03. The molecule has 0 aliphatic rings. The first-order valence-electron chi connectivity index (χ1n) is 6.09. The highest BCUT2D eigenvalue weighted by atomic mass is 32.2. The fraction of sp³-hybridized carbons (Fsp3) is 0.214.